The van der Waals surface area contributed by atoms with E-state index in [4.69, 9.17) is 10.2 Å². The number of carbonyl (C=O) groups is 2. The molecule has 0 bridgehead atoms. The predicted octanol–water partition coefficient (Wildman–Crippen LogP) is 3.92. The Balaban J connectivity index is 3.34. The number of carboxylic acids is 2. The van der Waals surface area contributed by atoms with Crippen LogP contribution < -0.4 is 0 Å². The van der Waals surface area contributed by atoms with Gasteiger partial charge in [-0.1, -0.05) is 37.1 Å². The van der Waals surface area contributed by atoms with Crippen molar-refractivity contribution >= 4 is 11.9 Å². The molecule has 0 rings (SSSR count). The Morgan fingerprint density at radius 1 is 0.783 bits per heavy atom. The molecule has 1 atom stereocenters. The lowest BCUT2D eigenvalue weighted by Gasteiger charge is -2.06. The zero-order valence-corrected chi connectivity index (χ0v) is 13.8. The minimum Gasteiger partial charge on any atom is -0.481 e. The number of hydrogen-bond donors (Lipinski definition) is 3. The smallest absolute Gasteiger partial charge is 0.305 e. The van der Waals surface area contributed by atoms with Crippen molar-refractivity contribution in [1.82, 2.24) is 0 Å². The fraction of sp³-hybridized carbons (Fsp3) is 0.667. The first-order valence-electron chi connectivity index (χ1n) is 8.44. The Labute approximate surface area is 138 Å². The number of unbranched alkanes of at least 4 members (excludes halogenated alkanes) is 5. The maximum Gasteiger partial charge on any atom is 0.305 e. The van der Waals surface area contributed by atoms with E-state index in [9.17, 15) is 14.7 Å². The van der Waals surface area contributed by atoms with Gasteiger partial charge in [-0.2, -0.15) is 0 Å². The molecule has 0 fully saturated rings. The Kier molecular flexibility index (Phi) is 14.2. The summed E-state index contributed by atoms with van der Waals surface area (Å²) in [6.07, 6.45) is 15.8. The molecule has 0 aromatic rings. The van der Waals surface area contributed by atoms with E-state index in [0.717, 1.165) is 51.4 Å². The van der Waals surface area contributed by atoms with E-state index in [1.54, 1.807) is 0 Å². The van der Waals surface area contributed by atoms with E-state index in [1.807, 2.05) is 0 Å². The molecule has 5 heteroatoms. The molecule has 0 aliphatic rings. The van der Waals surface area contributed by atoms with Crippen molar-refractivity contribution in [3.63, 3.8) is 0 Å². The molecule has 0 aromatic heterocycles. The number of allylic oxidation sites excluding steroid dienone is 4. The first-order valence-corrected chi connectivity index (χ1v) is 8.44. The van der Waals surface area contributed by atoms with Gasteiger partial charge in [0.05, 0.1) is 12.5 Å². The van der Waals surface area contributed by atoms with Gasteiger partial charge in [0.25, 0.3) is 0 Å². The van der Waals surface area contributed by atoms with E-state index < -0.39 is 18.0 Å². The van der Waals surface area contributed by atoms with Gasteiger partial charge in [0, 0.05) is 6.42 Å². The van der Waals surface area contributed by atoms with Crippen LogP contribution in [0.25, 0.3) is 0 Å². The molecule has 23 heavy (non-hydrogen) atoms. The third kappa shape index (κ3) is 18.3. The van der Waals surface area contributed by atoms with E-state index in [1.165, 1.54) is 0 Å². The van der Waals surface area contributed by atoms with Crippen molar-refractivity contribution in [1.29, 1.82) is 0 Å². The summed E-state index contributed by atoms with van der Waals surface area (Å²) < 4.78 is 0. The molecule has 0 aliphatic heterocycles. The second-order valence-corrected chi connectivity index (χ2v) is 5.71. The summed E-state index contributed by atoms with van der Waals surface area (Å²) >= 11 is 0. The molecule has 0 radical (unpaired) electrons. The summed E-state index contributed by atoms with van der Waals surface area (Å²) in [7, 11) is 0. The highest BCUT2D eigenvalue weighted by Gasteiger charge is 2.08. The lowest BCUT2D eigenvalue weighted by atomic mass is 10.1. The van der Waals surface area contributed by atoms with Crippen molar-refractivity contribution in [3.05, 3.63) is 24.3 Å². The molecule has 0 heterocycles. The zero-order valence-electron chi connectivity index (χ0n) is 13.8. The van der Waals surface area contributed by atoms with Crippen LogP contribution in [0.1, 0.15) is 70.6 Å². The number of aliphatic hydroxyl groups excluding tert-OH is 1. The topological polar surface area (TPSA) is 94.8 Å². The highest BCUT2D eigenvalue weighted by molar-refractivity contribution is 5.67. The summed E-state index contributed by atoms with van der Waals surface area (Å²) in [5, 5.41) is 26.4. The fourth-order valence-electron chi connectivity index (χ4n) is 2.17. The van der Waals surface area contributed by atoms with Crippen molar-refractivity contribution < 1.29 is 24.9 Å². The van der Waals surface area contributed by atoms with Crippen molar-refractivity contribution in [2.45, 2.75) is 76.7 Å². The third-order valence-electron chi connectivity index (χ3n) is 3.44. The third-order valence-corrected chi connectivity index (χ3v) is 3.44. The van der Waals surface area contributed by atoms with Crippen molar-refractivity contribution in [3.8, 4) is 0 Å². The molecule has 0 spiro atoms. The molecule has 5 nitrogen and oxygen atoms in total. The van der Waals surface area contributed by atoms with Crippen molar-refractivity contribution in [2.75, 3.05) is 0 Å². The van der Waals surface area contributed by atoms with Crippen LogP contribution in [0.5, 0.6) is 0 Å². The highest BCUT2D eigenvalue weighted by atomic mass is 16.4. The number of aliphatic carboxylic acids is 2. The molecule has 0 amide bonds. The van der Waals surface area contributed by atoms with Crippen LogP contribution >= 0.6 is 0 Å². The van der Waals surface area contributed by atoms with E-state index >= 15 is 0 Å². The Bertz CT molecular complexity index is 374. The van der Waals surface area contributed by atoms with E-state index in [2.05, 4.69) is 24.3 Å². The summed E-state index contributed by atoms with van der Waals surface area (Å²) in [6, 6.07) is 0. The first kappa shape index (κ1) is 21.4. The normalized spacial score (nSPS) is 12.9. The van der Waals surface area contributed by atoms with Crippen LogP contribution in [0.2, 0.25) is 0 Å². The van der Waals surface area contributed by atoms with Crippen LogP contribution in [0.4, 0.5) is 0 Å². The van der Waals surface area contributed by atoms with Crippen LogP contribution in [-0.4, -0.2) is 33.4 Å². The molecule has 0 saturated carbocycles. The second kappa shape index (κ2) is 15.3. The minimum absolute atomic E-state index is 0.164. The second-order valence-electron chi connectivity index (χ2n) is 5.71. The van der Waals surface area contributed by atoms with Crippen LogP contribution in [0.15, 0.2) is 24.3 Å². The van der Waals surface area contributed by atoms with Gasteiger partial charge in [0.15, 0.2) is 0 Å². The maximum atomic E-state index is 10.4. The monoisotopic (exact) mass is 326 g/mol. The Hall–Kier alpha value is -1.62. The van der Waals surface area contributed by atoms with Gasteiger partial charge in [-0.3, -0.25) is 9.59 Å². The molecule has 132 valence electrons. The van der Waals surface area contributed by atoms with Gasteiger partial charge in [-0.15, -0.1) is 0 Å². The van der Waals surface area contributed by atoms with Gasteiger partial charge in [-0.25, -0.2) is 0 Å². The minimum atomic E-state index is -0.949. The van der Waals surface area contributed by atoms with Gasteiger partial charge < -0.3 is 15.3 Å². The molecular formula is C18H30O5. The quantitative estimate of drug-likeness (QED) is 0.313. The summed E-state index contributed by atoms with van der Waals surface area (Å²) in [6.45, 7) is 0. The van der Waals surface area contributed by atoms with Crippen LogP contribution in [0.3, 0.4) is 0 Å². The number of hydrogen-bond acceptors (Lipinski definition) is 3. The maximum absolute atomic E-state index is 10.4. The molecular weight excluding hydrogens is 296 g/mol. The van der Waals surface area contributed by atoms with Gasteiger partial charge >= 0.3 is 11.9 Å². The van der Waals surface area contributed by atoms with Crippen LogP contribution in [-0.2, 0) is 9.59 Å². The Morgan fingerprint density at radius 3 is 1.96 bits per heavy atom. The summed E-state index contributed by atoms with van der Waals surface area (Å²) in [5.74, 6) is -1.68. The number of carboxylic acid groups (broad SMARTS) is 2. The van der Waals surface area contributed by atoms with Crippen molar-refractivity contribution in [2.24, 2.45) is 0 Å². The van der Waals surface area contributed by atoms with Gasteiger partial charge in [0.1, 0.15) is 0 Å². The first-order chi connectivity index (χ1) is 11.0. The van der Waals surface area contributed by atoms with Gasteiger partial charge in [-0.05, 0) is 44.9 Å². The number of rotatable bonds is 15. The zero-order chi connectivity index (χ0) is 17.3. The highest BCUT2D eigenvalue weighted by Crippen LogP contribution is 2.09. The predicted molar refractivity (Wildman–Crippen MR) is 90.3 cm³/mol. The van der Waals surface area contributed by atoms with Gasteiger partial charge in [0.2, 0.25) is 0 Å². The summed E-state index contributed by atoms with van der Waals surface area (Å²) in [4.78, 5) is 20.7. The molecule has 0 aromatic carbocycles. The van der Waals surface area contributed by atoms with Crippen LogP contribution in [0, 0.1) is 0 Å². The average Bonchev–Trinajstić information content (AvgIpc) is 2.46. The van der Waals surface area contributed by atoms with E-state index in [0.29, 0.717) is 6.42 Å². The Morgan fingerprint density at radius 2 is 1.39 bits per heavy atom. The molecule has 3 N–H and O–H groups in total. The molecule has 0 saturated heterocycles. The standard InChI is InChI=1S/C18H30O5/c19-16(15-18(22)23)13-11-9-7-5-3-1-2-4-6-8-10-12-14-17(20)21/h1,3-4,6,16,19H,2,5,7-15H2,(H,20,21)(H,22,23)/b3-1-,6-4-. The fourth-order valence-corrected chi connectivity index (χ4v) is 2.17. The SMILES string of the molecule is O=C(O)CCCC/C=C\C/C=C\CCCCCC(O)CC(=O)O. The van der Waals surface area contributed by atoms with E-state index in [-0.39, 0.29) is 12.8 Å². The largest absolute Gasteiger partial charge is 0.481 e. The lowest BCUT2D eigenvalue weighted by molar-refractivity contribution is -0.139. The lowest BCUT2D eigenvalue weighted by Crippen LogP contribution is -2.12. The summed E-state index contributed by atoms with van der Waals surface area (Å²) in [5.41, 5.74) is 0. The number of aliphatic hydroxyl groups is 1. The molecule has 0 aliphatic carbocycles. The molecule has 1 unspecified atom stereocenters. The average molecular weight is 326 g/mol.